The first-order valence-corrected chi connectivity index (χ1v) is 4.25. The SMILES string of the molecule is COC(C(C)=O)c1ccsc1. The maximum absolute atomic E-state index is 11.0. The number of ketones is 1. The van der Waals surface area contributed by atoms with Crippen molar-refractivity contribution in [1.29, 1.82) is 0 Å². The van der Waals surface area contributed by atoms with E-state index in [0.29, 0.717) is 0 Å². The van der Waals surface area contributed by atoms with Gasteiger partial charge in [0.15, 0.2) is 5.78 Å². The van der Waals surface area contributed by atoms with Crippen LogP contribution in [0.1, 0.15) is 18.6 Å². The summed E-state index contributed by atoms with van der Waals surface area (Å²) in [6.45, 7) is 1.53. The molecule has 1 unspecified atom stereocenters. The minimum atomic E-state index is -0.374. The average molecular weight is 170 g/mol. The molecule has 0 amide bonds. The second-order valence-electron chi connectivity index (χ2n) is 2.28. The van der Waals surface area contributed by atoms with Crippen LogP contribution in [0, 0.1) is 0 Å². The molecule has 0 spiro atoms. The summed E-state index contributed by atoms with van der Waals surface area (Å²) >= 11 is 1.57. The Balaban J connectivity index is 2.79. The number of carbonyl (C=O) groups is 1. The van der Waals surface area contributed by atoms with E-state index in [4.69, 9.17) is 4.74 Å². The Morgan fingerprint density at radius 3 is 2.82 bits per heavy atom. The molecule has 1 atom stereocenters. The Morgan fingerprint density at radius 2 is 2.45 bits per heavy atom. The highest BCUT2D eigenvalue weighted by atomic mass is 32.1. The molecule has 0 aliphatic carbocycles. The molecule has 1 aromatic heterocycles. The van der Waals surface area contributed by atoms with E-state index in [9.17, 15) is 4.79 Å². The molecule has 2 nitrogen and oxygen atoms in total. The van der Waals surface area contributed by atoms with E-state index in [0.717, 1.165) is 5.56 Å². The van der Waals surface area contributed by atoms with Crippen LogP contribution < -0.4 is 0 Å². The van der Waals surface area contributed by atoms with Gasteiger partial charge < -0.3 is 4.74 Å². The van der Waals surface area contributed by atoms with Crippen molar-refractivity contribution in [3.8, 4) is 0 Å². The summed E-state index contributed by atoms with van der Waals surface area (Å²) in [6, 6.07) is 1.90. The third kappa shape index (κ3) is 1.88. The van der Waals surface area contributed by atoms with Gasteiger partial charge in [0.05, 0.1) is 0 Å². The van der Waals surface area contributed by atoms with Gasteiger partial charge in [0.25, 0.3) is 0 Å². The highest BCUT2D eigenvalue weighted by molar-refractivity contribution is 7.08. The first-order chi connectivity index (χ1) is 5.25. The molecule has 1 rings (SSSR count). The summed E-state index contributed by atoms with van der Waals surface area (Å²) in [7, 11) is 1.55. The lowest BCUT2D eigenvalue weighted by Gasteiger charge is -2.08. The second-order valence-corrected chi connectivity index (χ2v) is 3.06. The number of thiophene rings is 1. The van der Waals surface area contributed by atoms with E-state index < -0.39 is 0 Å². The van der Waals surface area contributed by atoms with Gasteiger partial charge >= 0.3 is 0 Å². The zero-order valence-electron chi connectivity index (χ0n) is 6.53. The van der Waals surface area contributed by atoms with Gasteiger partial charge in [-0.25, -0.2) is 0 Å². The Labute approximate surface area is 69.8 Å². The van der Waals surface area contributed by atoms with E-state index in [1.165, 1.54) is 6.92 Å². The molecule has 0 aromatic carbocycles. The van der Waals surface area contributed by atoms with Crippen LogP contribution in [0.5, 0.6) is 0 Å². The standard InChI is InChI=1S/C8H10O2S/c1-6(9)8(10-2)7-3-4-11-5-7/h3-5,8H,1-2H3. The van der Waals surface area contributed by atoms with E-state index in [1.54, 1.807) is 18.4 Å². The number of hydrogen-bond donors (Lipinski definition) is 0. The smallest absolute Gasteiger partial charge is 0.163 e. The van der Waals surface area contributed by atoms with Gasteiger partial charge in [-0.2, -0.15) is 11.3 Å². The van der Waals surface area contributed by atoms with Crippen molar-refractivity contribution in [2.45, 2.75) is 13.0 Å². The predicted octanol–water partition coefficient (Wildman–Crippen LogP) is 2.02. The Bertz CT molecular complexity index is 228. The summed E-state index contributed by atoms with van der Waals surface area (Å²) in [5, 5.41) is 3.86. The molecule has 0 saturated carbocycles. The lowest BCUT2D eigenvalue weighted by molar-refractivity contribution is -0.126. The van der Waals surface area contributed by atoms with Crippen LogP contribution in [-0.4, -0.2) is 12.9 Å². The summed E-state index contributed by atoms with van der Waals surface area (Å²) in [6.07, 6.45) is -0.374. The van der Waals surface area contributed by atoms with Gasteiger partial charge in [0.2, 0.25) is 0 Å². The van der Waals surface area contributed by atoms with Gasteiger partial charge in [-0.1, -0.05) is 0 Å². The fourth-order valence-electron chi connectivity index (χ4n) is 0.961. The fourth-order valence-corrected chi connectivity index (χ4v) is 1.63. The third-order valence-electron chi connectivity index (χ3n) is 1.45. The number of hydrogen-bond acceptors (Lipinski definition) is 3. The molecule has 1 heterocycles. The van der Waals surface area contributed by atoms with Crippen molar-refractivity contribution < 1.29 is 9.53 Å². The molecule has 0 aliphatic rings. The number of Topliss-reactive ketones (excluding diaryl/α,β-unsaturated/α-hetero) is 1. The molecule has 3 heteroatoms. The molecular formula is C8H10O2S. The van der Waals surface area contributed by atoms with E-state index in [2.05, 4.69) is 0 Å². The lowest BCUT2D eigenvalue weighted by atomic mass is 10.1. The lowest BCUT2D eigenvalue weighted by Crippen LogP contribution is -2.09. The molecular weight excluding hydrogens is 160 g/mol. The molecule has 0 radical (unpaired) electrons. The monoisotopic (exact) mass is 170 g/mol. The Morgan fingerprint density at radius 1 is 1.73 bits per heavy atom. The minimum Gasteiger partial charge on any atom is -0.369 e. The number of methoxy groups -OCH3 is 1. The van der Waals surface area contributed by atoms with Crippen molar-refractivity contribution in [3.05, 3.63) is 22.4 Å². The average Bonchev–Trinajstić information content (AvgIpc) is 2.40. The van der Waals surface area contributed by atoms with Crippen molar-refractivity contribution in [2.24, 2.45) is 0 Å². The third-order valence-corrected chi connectivity index (χ3v) is 2.15. The number of rotatable bonds is 3. The van der Waals surface area contributed by atoms with Gasteiger partial charge in [-0.3, -0.25) is 4.79 Å². The first-order valence-electron chi connectivity index (χ1n) is 3.31. The Kier molecular flexibility index (Phi) is 2.79. The van der Waals surface area contributed by atoms with Crippen LogP contribution in [0.25, 0.3) is 0 Å². The highest BCUT2D eigenvalue weighted by Crippen LogP contribution is 2.19. The normalized spacial score (nSPS) is 12.9. The van der Waals surface area contributed by atoms with Gasteiger partial charge in [0, 0.05) is 7.11 Å². The van der Waals surface area contributed by atoms with Gasteiger partial charge in [-0.15, -0.1) is 0 Å². The van der Waals surface area contributed by atoms with Crippen molar-refractivity contribution in [1.82, 2.24) is 0 Å². The number of ether oxygens (including phenoxy) is 1. The van der Waals surface area contributed by atoms with Gasteiger partial charge in [-0.05, 0) is 29.3 Å². The van der Waals surface area contributed by atoms with Crippen LogP contribution in [0.3, 0.4) is 0 Å². The zero-order chi connectivity index (χ0) is 8.27. The van der Waals surface area contributed by atoms with E-state index in [1.807, 2.05) is 16.8 Å². The van der Waals surface area contributed by atoms with Crippen LogP contribution in [-0.2, 0) is 9.53 Å². The zero-order valence-corrected chi connectivity index (χ0v) is 7.35. The van der Waals surface area contributed by atoms with Crippen LogP contribution >= 0.6 is 11.3 Å². The topological polar surface area (TPSA) is 26.3 Å². The number of carbonyl (C=O) groups excluding carboxylic acids is 1. The van der Waals surface area contributed by atoms with Crippen molar-refractivity contribution >= 4 is 17.1 Å². The summed E-state index contributed by atoms with van der Waals surface area (Å²) < 4.78 is 5.01. The molecule has 11 heavy (non-hydrogen) atoms. The first kappa shape index (κ1) is 8.43. The Hall–Kier alpha value is -0.670. The summed E-state index contributed by atoms with van der Waals surface area (Å²) in [5.41, 5.74) is 0.949. The predicted molar refractivity (Wildman–Crippen MR) is 44.8 cm³/mol. The van der Waals surface area contributed by atoms with Crippen LogP contribution in [0.4, 0.5) is 0 Å². The van der Waals surface area contributed by atoms with Crippen molar-refractivity contribution in [3.63, 3.8) is 0 Å². The molecule has 0 aliphatic heterocycles. The molecule has 0 N–H and O–H groups in total. The molecule has 0 saturated heterocycles. The molecule has 0 fully saturated rings. The quantitative estimate of drug-likeness (QED) is 0.693. The van der Waals surface area contributed by atoms with Gasteiger partial charge in [0.1, 0.15) is 6.10 Å². The highest BCUT2D eigenvalue weighted by Gasteiger charge is 2.14. The van der Waals surface area contributed by atoms with E-state index >= 15 is 0 Å². The van der Waals surface area contributed by atoms with Crippen LogP contribution in [0.15, 0.2) is 16.8 Å². The molecule has 60 valence electrons. The maximum Gasteiger partial charge on any atom is 0.163 e. The summed E-state index contributed by atoms with van der Waals surface area (Å²) in [5.74, 6) is 0.0471. The molecule has 0 bridgehead atoms. The summed E-state index contributed by atoms with van der Waals surface area (Å²) in [4.78, 5) is 11.0. The van der Waals surface area contributed by atoms with Crippen molar-refractivity contribution in [2.75, 3.05) is 7.11 Å². The largest absolute Gasteiger partial charge is 0.369 e. The fraction of sp³-hybridized carbons (Fsp3) is 0.375. The molecule has 1 aromatic rings. The minimum absolute atomic E-state index is 0.0471. The second kappa shape index (κ2) is 3.64. The van der Waals surface area contributed by atoms with E-state index in [-0.39, 0.29) is 11.9 Å². The maximum atomic E-state index is 11.0. The van der Waals surface area contributed by atoms with Crippen LogP contribution in [0.2, 0.25) is 0 Å².